The van der Waals surface area contributed by atoms with Gasteiger partial charge in [0.25, 0.3) is 0 Å². The first-order chi connectivity index (χ1) is 8.11. The minimum Gasteiger partial charge on any atom is -0.356 e. The second kappa shape index (κ2) is 9.19. The lowest BCUT2D eigenvalue weighted by molar-refractivity contribution is 0.614. The van der Waals surface area contributed by atoms with Gasteiger partial charge in [-0.2, -0.15) is 0 Å². The number of benzene rings is 1. The zero-order valence-corrected chi connectivity index (χ0v) is 14.0. The van der Waals surface area contributed by atoms with Crippen LogP contribution in [0.15, 0.2) is 29.3 Å². The molecule has 18 heavy (non-hydrogen) atoms. The van der Waals surface area contributed by atoms with Crippen molar-refractivity contribution in [1.82, 2.24) is 10.6 Å². The SMILES string of the molecule is CN=C(NCc1cccc(C)c1)NCC(C)C.I. The van der Waals surface area contributed by atoms with Crippen molar-refractivity contribution in [2.24, 2.45) is 10.9 Å². The standard InChI is InChI=1S/C14H23N3.HI/c1-11(2)9-16-14(15-4)17-10-13-7-5-6-12(3)8-13;/h5-8,11H,9-10H2,1-4H3,(H2,15,16,17);1H. The van der Waals surface area contributed by atoms with Crippen LogP contribution in [-0.2, 0) is 6.54 Å². The topological polar surface area (TPSA) is 36.4 Å². The number of aryl methyl sites for hydroxylation is 1. The highest BCUT2D eigenvalue weighted by atomic mass is 127. The highest BCUT2D eigenvalue weighted by molar-refractivity contribution is 14.0. The van der Waals surface area contributed by atoms with Crippen molar-refractivity contribution < 1.29 is 0 Å². The second-order valence-electron chi connectivity index (χ2n) is 4.69. The van der Waals surface area contributed by atoms with Crippen molar-refractivity contribution in [3.05, 3.63) is 35.4 Å². The lowest BCUT2D eigenvalue weighted by atomic mass is 10.1. The molecule has 0 fully saturated rings. The zero-order chi connectivity index (χ0) is 12.7. The van der Waals surface area contributed by atoms with E-state index in [1.165, 1.54) is 11.1 Å². The Balaban J connectivity index is 0.00000289. The summed E-state index contributed by atoms with van der Waals surface area (Å²) in [7, 11) is 1.80. The fourth-order valence-electron chi connectivity index (χ4n) is 1.53. The van der Waals surface area contributed by atoms with E-state index in [9.17, 15) is 0 Å². The quantitative estimate of drug-likeness (QED) is 0.492. The van der Waals surface area contributed by atoms with Gasteiger partial charge in [-0.25, -0.2) is 0 Å². The molecule has 1 aromatic rings. The number of hydrogen-bond acceptors (Lipinski definition) is 1. The van der Waals surface area contributed by atoms with Crippen molar-refractivity contribution in [3.63, 3.8) is 0 Å². The molecule has 2 N–H and O–H groups in total. The summed E-state index contributed by atoms with van der Waals surface area (Å²) in [4.78, 5) is 4.19. The number of guanidine groups is 1. The molecule has 0 unspecified atom stereocenters. The van der Waals surface area contributed by atoms with Crippen molar-refractivity contribution in [1.29, 1.82) is 0 Å². The molecule has 0 saturated carbocycles. The number of rotatable bonds is 4. The summed E-state index contributed by atoms with van der Waals surface area (Å²) in [5.74, 6) is 1.48. The normalized spacial score (nSPS) is 11.1. The molecular formula is C14H24IN3. The van der Waals surface area contributed by atoms with Crippen LogP contribution >= 0.6 is 24.0 Å². The molecule has 1 aromatic carbocycles. The Bertz CT molecular complexity index is 375. The second-order valence-corrected chi connectivity index (χ2v) is 4.69. The lowest BCUT2D eigenvalue weighted by Gasteiger charge is -2.13. The molecule has 0 aromatic heterocycles. The Kier molecular flexibility index (Phi) is 8.79. The molecule has 0 spiro atoms. The van der Waals surface area contributed by atoms with Gasteiger partial charge in [0, 0.05) is 20.1 Å². The van der Waals surface area contributed by atoms with Gasteiger partial charge in [-0.05, 0) is 18.4 Å². The summed E-state index contributed by atoms with van der Waals surface area (Å²) in [6.07, 6.45) is 0. The maximum Gasteiger partial charge on any atom is 0.191 e. The van der Waals surface area contributed by atoms with Crippen LogP contribution in [0.1, 0.15) is 25.0 Å². The predicted octanol–water partition coefficient (Wildman–Crippen LogP) is 2.93. The van der Waals surface area contributed by atoms with Gasteiger partial charge in [0.2, 0.25) is 0 Å². The first-order valence-corrected chi connectivity index (χ1v) is 6.12. The largest absolute Gasteiger partial charge is 0.356 e. The van der Waals surface area contributed by atoms with E-state index in [1.807, 2.05) is 0 Å². The van der Waals surface area contributed by atoms with E-state index >= 15 is 0 Å². The summed E-state index contributed by atoms with van der Waals surface area (Å²) in [6, 6.07) is 8.49. The van der Waals surface area contributed by atoms with Crippen molar-refractivity contribution >= 4 is 29.9 Å². The summed E-state index contributed by atoms with van der Waals surface area (Å²) in [5, 5.41) is 6.60. The summed E-state index contributed by atoms with van der Waals surface area (Å²) >= 11 is 0. The predicted molar refractivity (Wildman–Crippen MR) is 89.6 cm³/mol. The summed E-state index contributed by atoms with van der Waals surface area (Å²) < 4.78 is 0. The molecule has 0 atom stereocenters. The van der Waals surface area contributed by atoms with Gasteiger partial charge < -0.3 is 10.6 Å². The maximum absolute atomic E-state index is 4.19. The van der Waals surface area contributed by atoms with Crippen LogP contribution in [0.4, 0.5) is 0 Å². The third-order valence-electron chi connectivity index (χ3n) is 2.44. The molecule has 102 valence electrons. The average Bonchev–Trinajstić information content (AvgIpc) is 2.29. The van der Waals surface area contributed by atoms with Gasteiger partial charge in [-0.15, -0.1) is 24.0 Å². The first-order valence-electron chi connectivity index (χ1n) is 6.12. The summed E-state index contributed by atoms with van der Waals surface area (Å²) in [5.41, 5.74) is 2.56. The number of aliphatic imine (C=N–C) groups is 1. The van der Waals surface area contributed by atoms with Gasteiger partial charge in [-0.3, -0.25) is 4.99 Å². The van der Waals surface area contributed by atoms with E-state index in [1.54, 1.807) is 7.05 Å². The van der Waals surface area contributed by atoms with Crippen LogP contribution in [0.5, 0.6) is 0 Å². The molecule has 3 nitrogen and oxygen atoms in total. The highest BCUT2D eigenvalue weighted by Gasteiger charge is 1.99. The lowest BCUT2D eigenvalue weighted by Crippen LogP contribution is -2.38. The van der Waals surface area contributed by atoms with Crippen LogP contribution < -0.4 is 10.6 Å². The molecule has 0 bridgehead atoms. The van der Waals surface area contributed by atoms with Crippen LogP contribution in [0.3, 0.4) is 0 Å². The Morgan fingerprint density at radius 3 is 2.56 bits per heavy atom. The van der Waals surface area contributed by atoms with E-state index in [2.05, 4.69) is 60.7 Å². The Morgan fingerprint density at radius 2 is 2.00 bits per heavy atom. The summed E-state index contributed by atoms with van der Waals surface area (Å²) in [6.45, 7) is 8.21. The van der Waals surface area contributed by atoms with Gasteiger partial charge >= 0.3 is 0 Å². The van der Waals surface area contributed by atoms with Crippen LogP contribution in [0.25, 0.3) is 0 Å². The average molecular weight is 361 g/mol. The van der Waals surface area contributed by atoms with E-state index in [-0.39, 0.29) is 24.0 Å². The van der Waals surface area contributed by atoms with Crippen LogP contribution in [-0.4, -0.2) is 19.6 Å². The van der Waals surface area contributed by atoms with E-state index in [0.29, 0.717) is 5.92 Å². The fraction of sp³-hybridized carbons (Fsp3) is 0.500. The van der Waals surface area contributed by atoms with Crippen molar-refractivity contribution in [3.8, 4) is 0 Å². The fourth-order valence-corrected chi connectivity index (χ4v) is 1.53. The van der Waals surface area contributed by atoms with Crippen LogP contribution in [0, 0.1) is 12.8 Å². The molecule has 0 heterocycles. The number of hydrogen-bond donors (Lipinski definition) is 2. The van der Waals surface area contributed by atoms with Gasteiger partial charge in [0.15, 0.2) is 5.96 Å². The smallest absolute Gasteiger partial charge is 0.191 e. The molecule has 0 aliphatic rings. The highest BCUT2D eigenvalue weighted by Crippen LogP contribution is 2.02. The monoisotopic (exact) mass is 361 g/mol. The van der Waals surface area contributed by atoms with Crippen molar-refractivity contribution in [2.75, 3.05) is 13.6 Å². The third-order valence-corrected chi connectivity index (χ3v) is 2.44. The van der Waals surface area contributed by atoms with Gasteiger partial charge in [0.1, 0.15) is 0 Å². The maximum atomic E-state index is 4.19. The zero-order valence-electron chi connectivity index (χ0n) is 11.7. The number of nitrogens with one attached hydrogen (secondary N) is 2. The molecule has 0 amide bonds. The molecule has 4 heteroatoms. The Hall–Kier alpha value is -0.780. The molecule has 0 aliphatic carbocycles. The van der Waals surface area contributed by atoms with E-state index in [0.717, 1.165) is 19.0 Å². The Morgan fingerprint density at radius 1 is 1.28 bits per heavy atom. The minimum absolute atomic E-state index is 0. The van der Waals surface area contributed by atoms with Gasteiger partial charge in [0.05, 0.1) is 0 Å². The van der Waals surface area contributed by atoms with E-state index in [4.69, 9.17) is 0 Å². The molecule has 1 rings (SSSR count). The molecular weight excluding hydrogens is 337 g/mol. The number of halogens is 1. The van der Waals surface area contributed by atoms with Crippen LogP contribution in [0.2, 0.25) is 0 Å². The molecule has 0 aliphatic heterocycles. The van der Waals surface area contributed by atoms with Gasteiger partial charge in [-0.1, -0.05) is 43.7 Å². The minimum atomic E-state index is 0. The van der Waals surface area contributed by atoms with Crippen molar-refractivity contribution in [2.45, 2.75) is 27.3 Å². The molecule has 0 saturated heterocycles. The third kappa shape index (κ3) is 6.83. The molecule has 0 radical (unpaired) electrons. The number of nitrogens with zero attached hydrogens (tertiary/aromatic N) is 1. The van der Waals surface area contributed by atoms with E-state index < -0.39 is 0 Å². The first kappa shape index (κ1) is 17.2. The Labute approximate surface area is 127 Å².